The Hall–Kier alpha value is 0.830. The lowest BCUT2D eigenvalue weighted by atomic mass is 9.97. The molecule has 2 heteroatoms. The number of rotatable bonds is 1. The summed E-state index contributed by atoms with van der Waals surface area (Å²) in [7, 11) is 0. The quantitative estimate of drug-likeness (QED) is 0.613. The summed E-state index contributed by atoms with van der Waals surface area (Å²) >= 11 is 5.71. The van der Waals surface area contributed by atoms with Gasteiger partial charge in [0.05, 0.1) is 0 Å². The van der Waals surface area contributed by atoms with Crippen molar-refractivity contribution in [3.8, 4) is 0 Å². The summed E-state index contributed by atoms with van der Waals surface area (Å²) in [4.78, 5) is 0. The first-order valence-electron chi connectivity index (χ1n) is 4.01. The molecule has 1 atom stereocenters. The first kappa shape index (κ1) is 7.48. The molecule has 2 rings (SSSR count). The first-order valence-corrected chi connectivity index (χ1v) is 6.29. The molecule has 0 nitrogen and oxygen atoms in total. The summed E-state index contributed by atoms with van der Waals surface area (Å²) in [6.45, 7) is 0. The molecule has 0 amide bonds. The van der Waals surface area contributed by atoms with Crippen LogP contribution in [0.2, 0.25) is 0 Å². The first-order chi connectivity index (χ1) is 4.87. The summed E-state index contributed by atoms with van der Waals surface area (Å²) in [5, 5.41) is 1.25. The van der Waals surface area contributed by atoms with Crippen LogP contribution in [-0.2, 0) is 0 Å². The normalized spacial score (nSPS) is 36.3. The zero-order valence-corrected chi connectivity index (χ0v) is 8.51. The van der Waals surface area contributed by atoms with E-state index < -0.39 is 0 Å². The highest BCUT2D eigenvalue weighted by Gasteiger charge is 2.52. The molecule has 1 heterocycles. The van der Waals surface area contributed by atoms with Crippen LogP contribution in [0.5, 0.6) is 0 Å². The average molecular weight is 221 g/mol. The molecule has 1 saturated heterocycles. The van der Waals surface area contributed by atoms with Gasteiger partial charge >= 0.3 is 0 Å². The molecule has 10 heavy (non-hydrogen) atoms. The van der Waals surface area contributed by atoms with Gasteiger partial charge in [-0.15, -0.1) is 0 Å². The largest absolute Gasteiger partial charge is 0.162 e. The van der Waals surface area contributed by atoms with E-state index in [-0.39, 0.29) is 0 Å². The summed E-state index contributed by atoms with van der Waals surface area (Å²) in [5.41, 5.74) is 0.828. The van der Waals surface area contributed by atoms with Crippen LogP contribution in [0.15, 0.2) is 0 Å². The minimum atomic E-state index is 0.828. The van der Waals surface area contributed by atoms with Gasteiger partial charge in [-0.1, -0.05) is 15.9 Å². The Morgan fingerprint density at radius 1 is 1.40 bits per heavy atom. The lowest BCUT2D eigenvalue weighted by molar-refractivity contribution is 0.434. The second-order valence-electron chi connectivity index (χ2n) is 3.53. The van der Waals surface area contributed by atoms with Crippen LogP contribution in [0.4, 0.5) is 0 Å². The molecule has 58 valence electrons. The smallest absolute Gasteiger partial charge is 0.00651 e. The van der Waals surface area contributed by atoms with E-state index in [1.807, 2.05) is 0 Å². The van der Waals surface area contributed by atoms with Gasteiger partial charge in [0, 0.05) is 5.33 Å². The lowest BCUT2D eigenvalue weighted by Crippen LogP contribution is -2.13. The van der Waals surface area contributed by atoms with Gasteiger partial charge in [0.1, 0.15) is 0 Å². The maximum atomic E-state index is 3.58. The maximum Gasteiger partial charge on any atom is 0.00651 e. The molecule has 0 N–H and O–H groups in total. The standard InChI is InChI=1S/C8H13BrS/c9-6-7-5-8(7)1-3-10-4-2-8/h7H,1-6H2. The number of halogens is 1. The topological polar surface area (TPSA) is 0 Å². The third-order valence-electron chi connectivity index (χ3n) is 3.03. The minimum Gasteiger partial charge on any atom is -0.162 e. The van der Waals surface area contributed by atoms with Crippen molar-refractivity contribution < 1.29 is 0 Å². The minimum absolute atomic E-state index is 0.828. The van der Waals surface area contributed by atoms with Crippen molar-refractivity contribution in [3.63, 3.8) is 0 Å². The molecule has 2 fully saturated rings. The van der Waals surface area contributed by atoms with Gasteiger partial charge < -0.3 is 0 Å². The van der Waals surface area contributed by atoms with E-state index in [0.29, 0.717) is 0 Å². The van der Waals surface area contributed by atoms with Crippen molar-refractivity contribution in [2.75, 3.05) is 16.8 Å². The molecule has 1 aliphatic carbocycles. The van der Waals surface area contributed by atoms with Gasteiger partial charge in [-0.05, 0) is 42.1 Å². The van der Waals surface area contributed by atoms with E-state index in [4.69, 9.17) is 0 Å². The van der Waals surface area contributed by atoms with Crippen molar-refractivity contribution in [2.45, 2.75) is 19.3 Å². The van der Waals surface area contributed by atoms with Crippen molar-refractivity contribution >= 4 is 27.7 Å². The van der Waals surface area contributed by atoms with E-state index in [1.165, 1.54) is 36.1 Å². The zero-order valence-electron chi connectivity index (χ0n) is 6.11. The van der Waals surface area contributed by atoms with E-state index in [2.05, 4.69) is 27.7 Å². The van der Waals surface area contributed by atoms with Crippen LogP contribution in [0.1, 0.15) is 19.3 Å². The van der Waals surface area contributed by atoms with Crippen LogP contribution in [0.25, 0.3) is 0 Å². The second-order valence-corrected chi connectivity index (χ2v) is 5.40. The Morgan fingerprint density at radius 3 is 2.60 bits per heavy atom. The van der Waals surface area contributed by atoms with E-state index >= 15 is 0 Å². The third kappa shape index (κ3) is 1.14. The van der Waals surface area contributed by atoms with Gasteiger partial charge in [0.25, 0.3) is 0 Å². The Morgan fingerprint density at radius 2 is 2.10 bits per heavy atom. The fourth-order valence-corrected chi connectivity index (χ4v) is 4.26. The predicted octanol–water partition coefficient (Wildman–Crippen LogP) is 2.91. The van der Waals surface area contributed by atoms with Crippen molar-refractivity contribution in [1.29, 1.82) is 0 Å². The molecule has 0 aromatic rings. The Labute approximate surface area is 75.3 Å². The monoisotopic (exact) mass is 220 g/mol. The van der Waals surface area contributed by atoms with E-state index in [1.54, 1.807) is 0 Å². The van der Waals surface area contributed by atoms with Gasteiger partial charge in [-0.25, -0.2) is 0 Å². The molecule has 1 aliphatic heterocycles. The zero-order chi connectivity index (χ0) is 7.03. The molecule has 0 aromatic heterocycles. The van der Waals surface area contributed by atoms with Gasteiger partial charge in [0.15, 0.2) is 0 Å². The summed E-state index contributed by atoms with van der Waals surface area (Å²) in [6.07, 6.45) is 4.50. The van der Waals surface area contributed by atoms with Crippen LogP contribution >= 0.6 is 27.7 Å². The third-order valence-corrected chi connectivity index (χ3v) is 4.80. The second kappa shape index (κ2) is 2.71. The summed E-state index contributed by atoms with van der Waals surface area (Å²) < 4.78 is 0. The molecule has 1 spiro atoms. The molecule has 1 unspecified atom stereocenters. The molecule has 2 aliphatic rings. The highest BCUT2D eigenvalue weighted by Crippen LogP contribution is 2.60. The number of hydrogen-bond donors (Lipinski definition) is 0. The fourth-order valence-electron chi connectivity index (χ4n) is 2.04. The van der Waals surface area contributed by atoms with Gasteiger partial charge in [-0.3, -0.25) is 0 Å². The average Bonchev–Trinajstić information content (AvgIpc) is 2.65. The predicted molar refractivity (Wildman–Crippen MR) is 50.9 cm³/mol. The van der Waals surface area contributed by atoms with Crippen molar-refractivity contribution in [3.05, 3.63) is 0 Å². The highest BCUT2D eigenvalue weighted by atomic mass is 79.9. The number of hydrogen-bond acceptors (Lipinski definition) is 1. The van der Waals surface area contributed by atoms with E-state index in [9.17, 15) is 0 Å². The molecular formula is C8H13BrS. The molecule has 0 radical (unpaired) electrons. The van der Waals surface area contributed by atoms with E-state index in [0.717, 1.165) is 11.3 Å². The Balaban J connectivity index is 1.92. The molecular weight excluding hydrogens is 208 g/mol. The van der Waals surface area contributed by atoms with Crippen molar-refractivity contribution in [1.82, 2.24) is 0 Å². The van der Waals surface area contributed by atoms with Crippen LogP contribution < -0.4 is 0 Å². The molecule has 1 saturated carbocycles. The van der Waals surface area contributed by atoms with Crippen LogP contribution in [-0.4, -0.2) is 16.8 Å². The van der Waals surface area contributed by atoms with Crippen molar-refractivity contribution in [2.24, 2.45) is 11.3 Å². The molecule has 0 aromatic carbocycles. The Bertz CT molecular complexity index is 129. The summed E-state index contributed by atoms with van der Waals surface area (Å²) in [6, 6.07) is 0. The molecule has 0 bridgehead atoms. The number of alkyl halides is 1. The number of thioether (sulfide) groups is 1. The Kier molecular flexibility index (Phi) is 2.02. The maximum absolute atomic E-state index is 3.58. The van der Waals surface area contributed by atoms with Crippen LogP contribution in [0.3, 0.4) is 0 Å². The SMILES string of the molecule is BrCC1CC12CCSCC2. The van der Waals surface area contributed by atoms with Gasteiger partial charge in [0.2, 0.25) is 0 Å². The van der Waals surface area contributed by atoms with Crippen LogP contribution in [0, 0.1) is 11.3 Å². The summed E-state index contributed by atoms with van der Waals surface area (Å²) in [5.74, 6) is 3.88. The fraction of sp³-hybridized carbons (Fsp3) is 1.00. The highest BCUT2D eigenvalue weighted by molar-refractivity contribution is 9.09. The lowest BCUT2D eigenvalue weighted by Gasteiger charge is -2.21. The van der Waals surface area contributed by atoms with Gasteiger partial charge in [-0.2, -0.15) is 11.8 Å².